The fourth-order valence-corrected chi connectivity index (χ4v) is 8.30. The van der Waals surface area contributed by atoms with Crippen molar-refractivity contribution in [2.45, 2.75) is 96.9 Å². The van der Waals surface area contributed by atoms with Crippen LogP contribution in [0.3, 0.4) is 0 Å². The Morgan fingerprint density at radius 1 is 1.23 bits per heavy atom. The van der Waals surface area contributed by atoms with Crippen LogP contribution < -0.4 is 0 Å². The van der Waals surface area contributed by atoms with Gasteiger partial charge in [-0.2, -0.15) is 0 Å². The summed E-state index contributed by atoms with van der Waals surface area (Å²) in [5, 5.41) is 45.6. The molecule has 1 aliphatic heterocycles. The van der Waals surface area contributed by atoms with Crippen molar-refractivity contribution in [1.29, 1.82) is 0 Å². The van der Waals surface area contributed by atoms with E-state index in [0.717, 1.165) is 11.1 Å². The minimum Gasteiger partial charge on any atom is -0.454 e. The molecule has 3 fully saturated rings. The van der Waals surface area contributed by atoms with E-state index < -0.39 is 64.3 Å². The van der Waals surface area contributed by atoms with Crippen molar-refractivity contribution in [2.75, 3.05) is 6.61 Å². The highest BCUT2D eigenvalue weighted by Crippen LogP contribution is 2.70. The molecule has 0 amide bonds. The Morgan fingerprint density at radius 2 is 1.84 bits per heavy atom. The molecule has 3 aliphatic carbocycles. The number of esters is 1. The van der Waals surface area contributed by atoms with Crippen molar-refractivity contribution in [1.82, 2.24) is 0 Å². The van der Waals surface area contributed by atoms with Gasteiger partial charge in [0.1, 0.15) is 6.10 Å². The Kier molecular flexibility index (Phi) is 5.06. The zero-order valence-corrected chi connectivity index (χ0v) is 19.7. The summed E-state index contributed by atoms with van der Waals surface area (Å²) < 4.78 is 11.8. The standard InChI is InChI=1S/C24H38O7/c1-11-15(26)9-23(21(5,6)29)13(3)19-22(7,20(28)12(2)18(11)23)16(27)8-17-24(19,10-30-17)31-14(4)25/h12-13,15-17,19-20,26-29H,8-10H2,1-7H3/t12-,13-,15-,16-,17+,19-,20-,22+,23+,24-/m0/s1. The molecule has 4 aliphatic rings. The maximum Gasteiger partial charge on any atom is 0.303 e. The SMILES string of the molecule is CC(=O)O[C@@]12CO[C@@H]1C[C@H](O)[C@]1(C)[C@@H]2[C@H](C)[C@]2(C(C)(C)O)C[C@H](O)C(C)=C2[C@H](C)[C@@H]1O. The Bertz CT molecular complexity index is 815. The number of aliphatic hydroxyl groups is 4. The van der Waals surface area contributed by atoms with Gasteiger partial charge in [0.05, 0.1) is 30.5 Å². The Labute approximate surface area is 184 Å². The number of hydrogen-bond donors (Lipinski definition) is 4. The molecule has 10 atom stereocenters. The van der Waals surface area contributed by atoms with Gasteiger partial charge < -0.3 is 29.9 Å². The third-order valence-electron chi connectivity index (χ3n) is 9.60. The molecule has 176 valence electrons. The molecule has 4 rings (SSSR count). The average molecular weight is 439 g/mol. The van der Waals surface area contributed by atoms with Crippen LogP contribution in [0, 0.1) is 28.6 Å². The third-order valence-corrected chi connectivity index (χ3v) is 9.60. The molecule has 0 aromatic rings. The first-order valence-electron chi connectivity index (χ1n) is 11.4. The molecule has 1 saturated heterocycles. The van der Waals surface area contributed by atoms with Gasteiger partial charge in [0.25, 0.3) is 0 Å². The molecule has 0 spiro atoms. The predicted molar refractivity (Wildman–Crippen MR) is 113 cm³/mol. The number of carbonyl (C=O) groups excluding carboxylic acids is 1. The van der Waals surface area contributed by atoms with Gasteiger partial charge in [-0.05, 0) is 38.7 Å². The first-order valence-corrected chi connectivity index (χ1v) is 11.4. The summed E-state index contributed by atoms with van der Waals surface area (Å²) in [6, 6.07) is 0. The quantitative estimate of drug-likeness (QED) is 0.382. The Hall–Kier alpha value is -0.990. The van der Waals surface area contributed by atoms with E-state index in [1.807, 2.05) is 27.7 Å². The van der Waals surface area contributed by atoms with Crippen LogP contribution >= 0.6 is 0 Å². The van der Waals surface area contributed by atoms with Crippen molar-refractivity contribution in [3.05, 3.63) is 11.1 Å². The van der Waals surface area contributed by atoms with Gasteiger partial charge in [-0.3, -0.25) is 4.79 Å². The fourth-order valence-electron chi connectivity index (χ4n) is 8.30. The summed E-state index contributed by atoms with van der Waals surface area (Å²) in [5.41, 5.74) is -2.42. The molecule has 0 aromatic carbocycles. The second-order valence-corrected chi connectivity index (χ2v) is 11.3. The van der Waals surface area contributed by atoms with E-state index in [2.05, 4.69) is 0 Å². The molecule has 4 N–H and O–H groups in total. The van der Waals surface area contributed by atoms with Crippen LogP contribution in [0.15, 0.2) is 11.1 Å². The van der Waals surface area contributed by atoms with Gasteiger partial charge in [-0.25, -0.2) is 0 Å². The molecule has 0 radical (unpaired) electrons. The number of rotatable bonds is 2. The summed E-state index contributed by atoms with van der Waals surface area (Å²) >= 11 is 0. The zero-order valence-electron chi connectivity index (χ0n) is 19.7. The molecular formula is C24H38O7. The van der Waals surface area contributed by atoms with Gasteiger partial charge in [-0.1, -0.05) is 26.3 Å². The van der Waals surface area contributed by atoms with E-state index in [0.29, 0.717) is 6.42 Å². The van der Waals surface area contributed by atoms with Crippen LogP contribution in [-0.4, -0.2) is 68.6 Å². The number of hydrogen-bond acceptors (Lipinski definition) is 7. The van der Waals surface area contributed by atoms with Gasteiger partial charge >= 0.3 is 5.97 Å². The largest absolute Gasteiger partial charge is 0.454 e. The first-order chi connectivity index (χ1) is 14.2. The zero-order chi connectivity index (χ0) is 23.3. The van der Waals surface area contributed by atoms with Crippen LogP contribution in [0.1, 0.15) is 61.3 Å². The number of ether oxygens (including phenoxy) is 2. The molecule has 7 heteroatoms. The minimum atomic E-state index is -1.22. The van der Waals surface area contributed by atoms with Gasteiger partial charge in [0, 0.05) is 36.0 Å². The maximum absolute atomic E-state index is 12.2. The van der Waals surface area contributed by atoms with Crippen molar-refractivity contribution in [3.8, 4) is 0 Å². The van der Waals surface area contributed by atoms with Crippen molar-refractivity contribution < 1.29 is 34.7 Å². The summed E-state index contributed by atoms with van der Waals surface area (Å²) in [7, 11) is 0. The fraction of sp³-hybridized carbons (Fsp3) is 0.875. The van der Waals surface area contributed by atoms with E-state index >= 15 is 0 Å². The van der Waals surface area contributed by atoms with Gasteiger partial charge in [0.2, 0.25) is 0 Å². The Balaban J connectivity index is 2.03. The lowest BCUT2D eigenvalue weighted by Crippen LogP contribution is -2.77. The topological polar surface area (TPSA) is 116 Å². The van der Waals surface area contributed by atoms with Crippen LogP contribution in [0.2, 0.25) is 0 Å². The molecule has 0 bridgehead atoms. The molecule has 0 aromatic heterocycles. The normalized spacial score (nSPS) is 51.9. The monoisotopic (exact) mass is 438 g/mol. The highest BCUT2D eigenvalue weighted by Gasteiger charge is 2.76. The summed E-state index contributed by atoms with van der Waals surface area (Å²) in [6.45, 7) is 12.7. The van der Waals surface area contributed by atoms with Crippen molar-refractivity contribution in [3.63, 3.8) is 0 Å². The van der Waals surface area contributed by atoms with Gasteiger partial charge in [0.15, 0.2) is 5.60 Å². The van der Waals surface area contributed by atoms with Crippen LogP contribution in [0.5, 0.6) is 0 Å². The van der Waals surface area contributed by atoms with Crippen LogP contribution in [0.25, 0.3) is 0 Å². The summed E-state index contributed by atoms with van der Waals surface area (Å²) in [4.78, 5) is 12.2. The summed E-state index contributed by atoms with van der Waals surface area (Å²) in [5.74, 6) is -1.63. The first kappa shape index (κ1) is 23.2. The number of carbonyl (C=O) groups is 1. The molecule has 1 heterocycles. The lowest BCUT2D eigenvalue weighted by atomic mass is 9.47. The molecule has 0 unspecified atom stereocenters. The van der Waals surface area contributed by atoms with Crippen molar-refractivity contribution >= 4 is 5.97 Å². The van der Waals surface area contributed by atoms with Gasteiger partial charge in [-0.15, -0.1) is 0 Å². The van der Waals surface area contributed by atoms with Crippen LogP contribution in [0.4, 0.5) is 0 Å². The second-order valence-electron chi connectivity index (χ2n) is 11.3. The molecular weight excluding hydrogens is 400 g/mol. The lowest BCUT2D eigenvalue weighted by Gasteiger charge is -2.65. The second kappa shape index (κ2) is 6.76. The third kappa shape index (κ3) is 2.61. The van der Waals surface area contributed by atoms with E-state index in [1.54, 1.807) is 13.8 Å². The van der Waals surface area contributed by atoms with E-state index in [4.69, 9.17) is 9.47 Å². The average Bonchev–Trinajstić information content (AvgIpc) is 2.90. The molecule has 2 saturated carbocycles. The summed E-state index contributed by atoms with van der Waals surface area (Å²) in [6.07, 6.45) is -2.42. The van der Waals surface area contributed by atoms with E-state index in [1.165, 1.54) is 6.92 Å². The minimum absolute atomic E-state index is 0.193. The highest BCUT2D eigenvalue weighted by atomic mass is 16.6. The Morgan fingerprint density at radius 3 is 2.32 bits per heavy atom. The maximum atomic E-state index is 12.2. The van der Waals surface area contributed by atoms with Crippen LogP contribution in [-0.2, 0) is 14.3 Å². The number of fused-ring (bicyclic) bond motifs is 4. The molecule has 31 heavy (non-hydrogen) atoms. The predicted octanol–water partition coefficient (Wildman–Crippen LogP) is 1.56. The highest BCUT2D eigenvalue weighted by molar-refractivity contribution is 5.67. The number of aliphatic hydroxyl groups excluding tert-OH is 3. The van der Waals surface area contributed by atoms with E-state index in [9.17, 15) is 25.2 Å². The lowest BCUT2D eigenvalue weighted by molar-refractivity contribution is -0.345. The van der Waals surface area contributed by atoms with Crippen molar-refractivity contribution in [2.24, 2.45) is 28.6 Å². The molecule has 7 nitrogen and oxygen atoms in total. The smallest absolute Gasteiger partial charge is 0.303 e. The van der Waals surface area contributed by atoms with E-state index in [-0.39, 0.29) is 18.9 Å².